The van der Waals surface area contributed by atoms with Crippen molar-refractivity contribution in [2.24, 2.45) is 0 Å². The van der Waals surface area contributed by atoms with Crippen LogP contribution < -0.4 is 0 Å². The molecule has 0 amide bonds. The summed E-state index contributed by atoms with van der Waals surface area (Å²) < 4.78 is 4.99. The number of hydrogen-bond donors (Lipinski definition) is 0. The lowest BCUT2D eigenvalue weighted by molar-refractivity contribution is -0.141. The monoisotopic (exact) mass is 184 g/mol. The van der Waals surface area contributed by atoms with Gasteiger partial charge in [-0.15, -0.1) is 0 Å². The number of rotatable bonds is 5. The third kappa shape index (κ3) is 7.57. The van der Waals surface area contributed by atoms with E-state index in [1.54, 1.807) is 6.08 Å². The number of allylic oxidation sites excluding steroid dienone is 1. The van der Waals surface area contributed by atoms with Crippen LogP contribution in [0.1, 0.15) is 47.0 Å². The Labute approximate surface area is 81.0 Å². The summed E-state index contributed by atoms with van der Waals surface area (Å²) in [5.41, 5.74) is 1.10. The van der Waals surface area contributed by atoms with E-state index in [0.717, 1.165) is 24.8 Å². The zero-order chi connectivity index (χ0) is 10.3. The normalized spacial score (nSPS) is 11.9. The summed E-state index contributed by atoms with van der Waals surface area (Å²) in [6.45, 7) is 7.82. The maximum absolute atomic E-state index is 11.1. The molecule has 0 aromatic rings. The minimum Gasteiger partial charge on any atom is -0.460 e. The van der Waals surface area contributed by atoms with Gasteiger partial charge in [0.1, 0.15) is 0 Å². The summed E-state index contributed by atoms with van der Waals surface area (Å²) in [4.78, 5) is 11.1. The number of hydrogen-bond acceptors (Lipinski definition) is 2. The molecule has 0 bridgehead atoms. The molecular formula is C11H20O2. The van der Waals surface area contributed by atoms with E-state index < -0.39 is 0 Å². The van der Waals surface area contributed by atoms with Crippen LogP contribution in [-0.4, -0.2) is 12.1 Å². The molecule has 2 nitrogen and oxygen atoms in total. The van der Waals surface area contributed by atoms with Gasteiger partial charge in [-0.05, 0) is 33.6 Å². The van der Waals surface area contributed by atoms with Gasteiger partial charge in [0.2, 0.25) is 0 Å². The highest BCUT2D eigenvalue weighted by Gasteiger charge is 2.01. The van der Waals surface area contributed by atoms with Gasteiger partial charge in [-0.2, -0.15) is 0 Å². The van der Waals surface area contributed by atoms with E-state index in [-0.39, 0.29) is 12.1 Å². The van der Waals surface area contributed by atoms with E-state index >= 15 is 0 Å². The molecule has 0 fully saturated rings. The first-order valence-electron chi connectivity index (χ1n) is 4.94. The smallest absolute Gasteiger partial charge is 0.330 e. The lowest BCUT2D eigenvalue weighted by Crippen LogP contribution is -2.08. The fourth-order valence-electron chi connectivity index (χ4n) is 0.995. The van der Waals surface area contributed by atoms with Crippen LogP contribution in [0.15, 0.2) is 11.6 Å². The fourth-order valence-corrected chi connectivity index (χ4v) is 0.995. The van der Waals surface area contributed by atoms with Gasteiger partial charge in [-0.3, -0.25) is 0 Å². The number of carbonyl (C=O) groups excluding carboxylic acids is 1. The highest BCUT2D eigenvalue weighted by Crippen LogP contribution is 2.06. The summed E-state index contributed by atoms with van der Waals surface area (Å²) >= 11 is 0. The zero-order valence-corrected chi connectivity index (χ0v) is 9.09. The molecule has 0 aliphatic rings. The second-order valence-electron chi connectivity index (χ2n) is 3.58. The third-order valence-electron chi connectivity index (χ3n) is 1.64. The Morgan fingerprint density at radius 1 is 1.46 bits per heavy atom. The van der Waals surface area contributed by atoms with Crippen molar-refractivity contribution in [1.29, 1.82) is 0 Å². The number of esters is 1. The first kappa shape index (κ1) is 12.2. The quantitative estimate of drug-likeness (QED) is 0.485. The van der Waals surface area contributed by atoms with Gasteiger partial charge < -0.3 is 4.74 Å². The van der Waals surface area contributed by atoms with Crippen molar-refractivity contribution in [3.8, 4) is 0 Å². The van der Waals surface area contributed by atoms with Gasteiger partial charge >= 0.3 is 5.97 Å². The molecule has 0 N–H and O–H groups in total. The molecule has 0 heterocycles. The largest absolute Gasteiger partial charge is 0.460 e. The Bertz CT molecular complexity index is 181. The number of carbonyl (C=O) groups is 1. The molecule has 0 aromatic heterocycles. The molecule has 0 rings (SSSR count). The minimum absolute atomic E-state index is 0.0253. The molecule has 0 unspecified atom stereocenters. The first-order valence-corrected chi connectivity index (χ1v) is 4.94. The molecule has 0 aliphatic carbocycles. The number of unbranched alkanes of at least 4 members (excludes halogenated alkanes) is 1. The Kier molecular flexibility index (Phi) is 6.29. The second-order valence-corrected chi connectivity index (χ2v) is 3.58. The SMILES string of the molecule is CCCCC(C)=CC(=O)OC(C)C. The van der Waals surface area contributed by atoms with Crippen molar-refractivity contribution in [3.63, 3.8) is 0 Å². The molecule has 0 aromatic carbocycles. The van der Waals surface area contributed by atoms with E-state index in [1.807, 2.05) is 20.8 Å². The van der Waals surface area contributed by atoms with Crippen LogP contribution in [0.2, 0.25) is 0 Å². The number of ether oxygens (including phenoxy) is 1. The van der Waals surface area contributed by atoms with Crippen molar-refractivity contribution >= 4 is 5.97 Å². The van der Waals surface area contributed by atoms with E-state index in [1.165, 1.54) is 0 Å². The van der Waals surface area contributed by atoms with E-state index in [9.17, 15) is 4.79 Å². The van der Waals surface area contributed by atoms with Crippen LogP contribution >= 0.6 is 0 Å². The molecule has 0 saturated carbocycles. The Balaban J connectivity index is 3.84. The lowest BCUT2D eigenvalue weighted by Gasteiger charge is -2.05. The van der Waals surface area contributed by atoms with Gasteiger partial charge in [-0.1, -0.05) is 18.9 Å². The topological polar surface area (TPSA) is 26.3 Å². The van der Waals surface area contributed by atoms with Crippen LogP contribution in [0.3, 0.4) is 0 Å². The second kappa shape index (κ2) is 6.70. The summed E-state index contributed by atoms with van der Waals surface area (Å²) in [6, 6.07) is 0. The molecule has 2 heteroatoms. The van der Waals surface area contributed by atoms with E-state index in [2.05, 4.69) is 6.92 Å². The molecule has 13 heavy (non-hydrogen) atoms. The third-order valence-corrected chi connectivity index (χ3v) is 1.64. The highest BCUT2D eigenvalue weighted by molar-refractivity contribution is 5.82. The van der Waals surface area contributed by atoms with Crippen LogP contribution in [-0.2, 0) is 9.53 Å². The first-order chi connectivity index (χ1) is 6.06. The van der Waals surface area contributed by atoms with E-state index in [0.29, 0.717) is 0 Å². The highest BCUT2D eigenvalue weighted by atomic mass is 16.5. The Morgan fingerprint density at radius 2 is 2.08 bits per heavy atom. The summed E-state index contributed by atoms with van der Waals surface area (Å²) in [5.74, 6) is -0.219. The van der Waals surface area contributed by atoms with Crippen molar-refractivity contribution in [2.45, 2.75) is 53.1 Å². The van der Waals surface area contributed by atoms with Crippen molar-refractivity contribution in [3.05, 3.63) is 11.6 Å². The van der Waals surface area contributed by atoms with Crippen LogP contribution in [0.4, 0.5) is 0 Å². The fraction of sp³-hybridized carbons (Fsp3) is 0.727. The maximum atomic E-state index is 11.1. The molecule has 0 radical (unpaired) electrons. The van der Waals surface area contributed by atoms with Gasteiger partial charge in [0, 0.05) is 6.08 Å². The van der Waals surface area contributed by atoms with Crippen LogP contribution in [0.25, 0.3) is 0 Å². The predicted molar refractivity (Wildman–Crippen MR) is 54.5 cm³/mol. The standard InChI is InChI=1S/C11H20O2/c1-5-6-7-10(4)8-11(12)13-9(2)3/h8-9H,5-7H2,1-4H3. The molecule has 0 atom stereocenters. The van der Waals surface area contributed by atoms with Crippen LogP contribution in [0.5, 0.6) is 0 Å². The molecule has 0 aliphatic heterocycles. The zero-order valence-electron chi connectivity index (χ0n) is 9.09. The van der Waals surface area contributed by atoms with Crippen molar-refractivity contribution in [1.82, 2.24) is 0 Å². The summed E-state index contributed by atoms with van der Waals surface area (Å²) in [6.07, 6.45) is 4.85. The molecule has 0 saturated heterocycles. The Hall–Kier alpha value is -0.790. The van der Waals surface area contributed by atoms with Gasteiger partial charge in [-0.25, -0.2) is 4.79 Å². The van der Waals surface area contributed by atoms with Gasteiger partial charge in [0.15, 0.2) is 0 Å². The van der Waals surface area contributed by atoms with Crippen molar-refractivity contribution < 1.29 is 9.53 Å². The summed E-state index contributed by atoms with van der Waals surface area (Å²) in [7, 11) is 0. The van der Waals surface area contributed by atoms with E-state index in [4.69, 9.17) is 4.74 Å². The van der Waals surface area contributed by atoms with Crippen molar-refractivity contribution in [2.75, 3.05) is 0 Å². The molecule has 0 spiro atoms. The molecule has 76 valence electrons. The molecular weight excluding hydrogens is 164 g/mol. The summed E-state index contributed by atoms with van der Waals surface area (Å²) in [5, 5.41) is 0. The van der Waals surface area contributed by atoms with Crippen LogP contribution in [0, 0.1) is 0 Å². The average Bonchev–Trinajstić information content (AvgIpc) is 1.98. The van der Waals surface area contributed by atoms with Gasteiger partial charge in [0.05, 0.1) is 6.10 Å². The maximum Gasteiger partial charge on any atom is 0.330 e. The predicted octanol–water partition coefficient (Wildman–Crippen LogP) is 3.07. The Morgan fingerprint density at radius 3 is 2.54 bits per heavy atom. The lowest BCUT2D eigenvalue weighted by atomic mass is 10.1. The van der Waals surface area contributed by atoms with Gasteiger partial charge in [0.25, 0.3) is 0 Å². The minimum atomic E-state index is -0.219. The average molecular weight is 184 g/mol.